The first kappa shape index (κ1) is 11.5. The van der Waals surface area contributed by atoms with Gasteiger partial charge in [0.1, 0.15) is 4.60 Å². The van der Waals surface area contributed by atoms with Gasteiger partial charge in [0.05, 0.1) is 24.4 Å². The molecule has 1 amide bonds. The van der Waals surface area contributed by atoms with Crippen LogP contribution in [0.3, 0.4) is 0 Å². The smallest absolute Gasteiger partial charge is 0.229 e. The Kier molecular flexibility index (Phi) is 3.56. The molecule has 1 saturated heterocycles. The Bertz CT molecular complexity index is 403. The number of amides is 1. The topological polar surface area (TPSA) is 51.2 Å². The van der Waals surface area contributed by atoms with E-state index in [9.17, 15) is 4.79 Å². The summed E-state index contributed by atoms with van der Waals surface area (Å²) in [6, 6.07) is 1.89. The number of carbonyl (C=O) groups is 1. The average Bonchev–Trinajstić information content (AvgIpc) is 2.77. The molecule has 0 aliphatic carbocycles. The van der Waals surface area contributed by atoms with E-state index in [1.54, 1.807) is 6.20 Å². The molecular formula is C11H13BrN2O2. The van der Waals surface area contributed by atoms with Gasteiger partial charge in [0, 0.05) is 6.61 Å². The van der Waals surface area contributed by atoms with E-state index in [-0.39, 0.29) is 11.8 Å². The van der Waals surface area contributed by atoms with Gasteiger partial charge < -0.3 is 10.1 Å². The van der Waals surface area contributed by atoms with Gasteiger partial charge in [0.15, 0.2) is 0 Å². The van der Waals surface area contributed by atoms with E-state index in [4.69, 9.17) is 4.74 Å². The highest BCUT2D eigenvalue weighted by Crippen LogP contribution is 2.19. The first-order valence-electron chi connectivity index (χ1n) is 5.17. The minimum absolute atomic E-state index is 0.0148. The number of halogens is 1. The highest BCUT2D eigenvalue weighted by molar-refractivity contribution is 9.10. The van der Waals surface area contributed by atoms with Gasteiger partial charge in [0.2, 0.25) is 5.91 Å². The maximum atomic E-state index is 11.8. The molecule has 1 unspecified atom stereocenters. The Morgan fingerprint density at radius 3 is 3.12 bits per heavy atom. The zero-order chi connectivity index (χ0) is 11.5. The van der Waals surface area contributed by atoms with Gasteiger partial charge in [-0.3, -0.25) is 4.79 Å². The lowest BCUT2D eigenvalue weighted by atomic mass is 10.1. The van der Waals surface area contributed by atoms with Crippen LogP contribution in [0, 0.1) is 12.8 Å². The SMILES string of the molecule is Cc1cc(NC(=O)C2CCOC2)cnc1Br. The summed E-state index contributed by atoms with van der Waals surface area (Å²) in [5.41, 5.74) is 1.73. The number of carbonyl (C=O) groups excluding carboxylic acids is 1. The van der Waals surface area contributed by atoms with Crippen LogP contribution >= 0.6 is 15.9 Å². The quantitative estimate of drug-likeness (QED) is 0.847. The second-order valence-electron chi connectivity index (χ2n) is 3.88. The van der Waals surface area contributed by atoms with Crippen LogP contribution in [0.5, 0.6) is 0 Å². The van der Waals surface area contributed by atoms with Crippen molar-refractivity contribution >= 4 is 27.5 Å². The molecule has 86 valence electrons. The summed E-state index contributed by atoms with van der Waals surface area (Å²) < 4.78 is 5.98. The fourth-order valence-electron chi connectivity index (χ4n) is 1.61. The van der Waals surface area contributed by atoms with Crippen molar-refractivity contribution < 1.29 is 9.53 Å². The van der Waals surface area contributed by atoms with Crippen molar-refractivity contribution in [2.24, 2.45) is 5.92 Å². The number of aromatic nitrogens is 1. The van der Waals surface area contributed by atoms with Gasteiger partial charge in [-0.15, -0.1) is 0 Å². The molecule has 2 heterocycles. The Morgan fingerprint density at radius 2 is 2.50 bits per heavy atom. The Balaban J connectivity index is 2.02. The normalized spacial score (nSPS) is 19.8. The molecule has 0 radical (unpaired) electrons. The van der Waals surface area contributed by atoms with Crippen molar-refractivity contribution in [1.82, 2.24) is 4.98 Å². The van der Waals surface area contributed by atoms with Crippen LogP contribution in [0.4, 0.5) is 5.69 Å². The van der Waals surface area contributed by atoms with Crippen molar-refractivity contribution in [2.75, 3.05) is 18.5 Å². The molecule has 1 aromatic rings. The zero-order valence-electron chi connectivity index (χ0n) is 9.00. The molecule has 1 aliphatic rings. The lowest BCUT2D eigenvalue weighted by Gasteiger charge is -2.09. The minimum atomic E-state index is -0.0241. The van der Waals surface area contributed by atoms with Crippen molar-refractivity contribution in [3.8, 4) is 0 Å². The lowest BCUT2D eigenvalue weighted by Crippen LogP contribution is -2.22. The molecule has 0 bridgehead atoms. The van der Waals surface area contributed by atoms with E-state index in [2.05, 4.69) is 26.2 Å². The average molecular weight is 285 g/mol. The van der Waals surface area contributed by atoms with Crippen LogP contribution in [0.15, 0.2) is 16.9 Å². The number of ether oxygens (including phenoxy) is 1. The van der Waals surface area contributed by atoms with Crippen LogP contribution < -0.4 is 5.32 Å². The third kappa shape index (κ3) is 2.59. The number of aryl methyl sites for hydroxylation is 1. The summed E-state index contributed by atoms with van der Waals surface area (Å²) in [5, 5.41) is 2.85. The molecule has 1 atom stereocenters. The third-order valence-electron chi connectivity index (χ3n) is 2.58. The van der Waals surface area contributed by atoms with Crippen LogP contribution in [-0.4, -0.2) is 24.1 Å². The number of nitrogens with one attached hydrogen (secondary N) is 1. The summed E-state index contributed by atoms with van der Waals surface area (Å²) in [6.45, 7) is 3.13. The highest BCUT2D eigenvalue weighted by atomic mass is 79.9. The Labute approximate surface area is 103 Å². The van der Waals surface area contributed by atoms with Gasteiger partial charge in [-0.05, 0) is 40.9 Å². The van der Waals surface area contributed by atoms with Gasteiger partial charge in [0.25, 0.3) is 0 Å². The predicted molar refractivity (Wildman–Crippen MR) is 64.2 cm³/mol. The first-order chi connectivity index (χ1) is 7.66. The van der Waals surface area contributed by atoms with E-state index < -0.39 is 0 Å². The summed E-state index contributed by atoms with van der Waals surface area (Å²) >= 11 is 3.32. The monoisotopic (exact) mass is 284 g/mol. The molecule has 1 N–H and O–H groups in total. The van der Waals surface area contributed by atoms with Gasteiger partial charge in [-0.2, -0.15) is 0 Å². The maximum absolute atomic E-state index is 11.8. The summed E-state index contributed by atoms with van der Waals surface area (Å²) in [6.07, 6.45) is 2.44. The molecule has 1 fully saturated rings. The first-order valence-corrected chi connectivity index (χ1v) is 5.97. The lowest BCUT2D eigenvalue weighted by molar-refractivity contribution is -0.119. The van der Waals surface area contributed by atoms with Crippen LogP contribution in [0.2, 0.25) is 0 Å². The molecule has 1 aliphatic heterocycles. The zero-order valence-corrected chi connectivity index (χ0v) is 10.6. The van der Waals surface area contributed by atoms with Crippen molar-refractivity contribution in [2.45, 2.75) is 13.3 Å². The third-order valence-corrected chi connectivity index (χ3v) is 3.41. The number of hydrogen-bond acceptors (Lipinski definition) is 3. The number of rotatable bonds is 2. The maximum Gasteiger partial charge on any atom is 0.229 e. The van der Waals surface area contributed by atoms with Crippen LogP contribution in [0.25, 0.3) is 0 Å². The van der Waals surface area contributed by atoms with E-state index >= 15 is 0 Å². The molecule has 0 saturated carbocycles. The predicted octanol–water partition coefficient (Wildman–Crippen LogP) is 2.13. The standard InChI is InChI=1S/C11H13BrN2O2/c1-7-4-9(5-13-10(7)12)14-11(15)8-2-3-16-6-8/h4-5,8H,2-3,6H2,1H3,(H,14,15). The largest absolute Gasteiger partial charge is 0.381 e. The van der Waals surface area contributed by atoms with Crippen molar-refractivity contribution in [3.63, 3.8) is 0 Å². The van der Waals surface area contributed by atoms with E-state index in [0.29, 0.717) is 13.2 Å². The van der Waals surface area contributed by atoms with E-state index in [1.807, 2.05) is 13.0 Å². The molecule has 4 nitrogen and oxygen atoms in total. The molecule has 0 aromatic carbocycles. The summed E-state index contributed by atoms with van der Waals surface area (Å²) in [7, 11) is 0. The van der Waals surface area contributed by atoms with Crippen LogP contribution in [0.1, 0.15) is 12.0 Å². The van der Waals surface area contributed by atoms with E-state index in [1.165, 1.54) is 0 Å². The van der Waals surface area contributed by atoms with Crippen molar-refractivity contribution in [1.29, 1.82) is 0 Å². The Hall–Kier alpha value is -0.940. The van der Waals surface area contributed by atoms with E-state index in [0.717, 1.165) is 22.3 Å². The fraction of sp³-hybridized carbons (Fsp3) is 0.455. The molecular weight excluding hydrogens is 272 g/mol. The van der Waals surface area contributed by atoms with Gasteiger partial charge >= 0.3 is 0 Å². The number of pyridine rings is 1. The highest BCUT2D eigenvalue weighted by Gasteiger charge is 2.23. The summed E-state index contributed by atoms with van der Waals surface area (Å²) in [4.78, 5) is 15.9. The fourth-order valence-corrected chi connectivity index (χ4v) is 1.83. The number of nitrogens with zero attached hydrogens (tertiary/aromatic N) is 1. The minimum Gasteiger partial charge on any atom is -0.381 e. The second-order valence-corrected chi connectivity index (χ2v) is 4.63. The van der Waals surface area contributed by atoms with Crippen molar-refractivity contribution in [3.05, 3.63) is 22.4 Å². The molecule has 0 spiro atoms. The van der Waals surface area contributed by atoms with Crippen LogP contribution in [-0.2, 0) is 9.53 Å². The molecule has 5 heteroatoms. The number of anilines is 1. The second kappa shape index (κ2) is 4.93. The summed E-state index contributed by atoms with van der Waals surface area (Å²) in [5.74, 6) is -0.00928. The Morgan fingerprint density at radius 1 is 1.69 bits per heavy atom. The number of hydrogen-bond donors (Lipinski definition) is 1. The molecule has 1 aromatic heterocycles. The molecule has 2 rings (SSSR count). The van der Waals surface area contributed by atoms with Gasteiger partial charge in [-0.25, -0.2) is 4.98 Å². The molecule has 16 heavy (non-hydrogen) atoms. The van der Waals surface area contributed by atoms with Gasteiger partial charge in [-0.1, -0.05) is 0 Å².